The van der Waals surface area contributed by atoms with Crippen molar-refractivity contribution in [1.29, 1.82) is 0 Å². The van der Waals surface area contributed by atoms with Crippen LogP contribution in [0.4, 0.5) is 5.69 Å². The second-order valence-corrected chi connectivity index (χ2v) is 9.79. The summed E-state index contributed by atoms with van der Waals surface area (Å²) in [4.78, 5) is 1.43. The highest BCUT2D eigenvalue weighted by Gasteiger charge is 2.15. The normalized spacial score (nSPS) is 19.5. The molecule has 0 aromatic heterocycles. The Labute approximate surface area is 174 Å². The number of hydrogen-bond donors (Lipinski definition) is 2. The molecule has 0 atom stereocenters. The van der Waals surface area contributed by atoms with Crippen molar-refractivity contribution in [3.8, 4) is 0 Å². The van der Waals surface area contributed by atoms with Crippen LogP contribution in [0.3, 0.4) is 0 Å². The van der Waals surface area contributed by atoms with Gasteiger partial charge in [0.1, 0.15) is 0 Å². The maximum absolute atomic E-state index is 6.52. The minimum Gasteiger partial charge on any atom is -0.380 e. The molecule has 2 N–H and O–H groups in total. The molecule has 0 bridgehead atoms. The van der Waals surface area contributed by atoms with Gasteiger partial charge >= 0.3 is 0 Å². The molecule has 0 radical (unpaired) electrons. The number of halogens is 1. The van der Waals surface area contributed by atoms with Gasteiger partial charge < -0.3 is 10.6 Å². The zero-order valence-electron chi connectivity index (χ0n) is 16.7. The van der Waals surface area contributed by atoms with E-state index in [1.165, 1.54) is 53.7 Å². The first-order valence-corrected chi connectivity index (χ1v) is 11.6. The molecule has 1 aliphatic heterocycles. The van der Waals surface area contributed by atoms with Gasteiger partial charge in [0.15, 0.2) is 0 Å². The minimum absolute atomic E-state index is 0.828. The van der Waals surface area contributed by atoms with Crippen LogP contribution in [-0.4, -0.2) is 24.9 Å². The molecule has 1 aromatic carbocycles. The van der Waals surface area contributed by atoms with Crippen LogP contribution in [0, 0.1) is 0 Å². The Kier molecular flexibility index (Phi) is 8.17. The smallest absolute Gasteiger partial charge is 0.0640 e. The van der Waals surface area contributed by atoms with E-state index in [2.05, 4.69) is 54.5 Å². The standard InChI is InChI=1S/C23H33ClN2S/c1-17(8-9-18(2)27-20-6-4-3-5-7-20)16-26-23-21-13-15-25-14-12-19(21)10-11-22(23)24/h8-11,20,25-26H,3-7,12-16H2,1-2H3/b17-8+,18-9+. The summed E-state index contributed by atoms with van der Waals surface area (Å²) in [5.41, 5.74) is 5.27. The molecule has 27 heavy (non-hydrogen) atoms. The fourth-order valence-corrected chi connectivity index (χ4v) is 5.45. The predicted molar refractivity (Wildman–Crippen MR) is 122 cm³/mol. The van der Waals surface area contributed by atoms with E-state index in [1.54, 1.807) is 0 Å². The summed E-state index contributed by atoms with van der Waals surface area (Å²) in [6, 6.07) is 4.23. The maximum atomic E-state index is 6.52. The lowest BCUT2D eigenvalue weighted by atomic mass is 10.0. The monoisotopic (exact) mass is 404 g/mol. The van der Waals surface area contributed by atoms with E-state index in [0.29, 0.717) is 0 Å². The molecule has 4 heteroatoms. The highest BCUT2D eigenvalue weighted by atomic mass is 35.5. The van der Waals surface area contributed by atoms with E-state index in [-0.39, 0.29) is 0 Å². The van der Waals surface area contributed by atoms with Crippen LogP contribution >= 0.6 is 23.4 Å². The Morgan fingerprint density at radius 1 is 1.15 bits per heavy atom. The van der Waals surface area contributed by atoms with Gasteiger partial charge in [-0.2, -0.15) is 0 Å². The molecule has 0 saturated heterocycles. The number of thioether (sulfide) groups is 1. The second-order valence-electron chi connectivity index (χ2n) is 7.83. The Morgan fingerprint density at radius 2 is 1.93 bits per heavy atom. The summed E-state index contributed by atoms with van der Waals surface area (Å²) in [6.45, 7) is 7.35. The van der Waals surface area contributed by atoms with E-state index in [9.17, 15) is 0 Å². The third kappa shape index (κ3) is 6.30. The van der Waals surface area contributed by atoms with Gasteiger partial charge in [-0.25, -0.2) is 0 Å². The van der Waals surface area contributed by atoms with Crippen LogP contribution in [0.5, 0.6) is 0 Å². The number of allylic oxidation sites excluding steroid dienone is 3. The first-order valence-electron chi connectivity index (χ1n) is 10.4. The van der Waals surface area contributed by atoms with E-state index in [1.807, 2.05) is 6.07 Å². The first kappa shape index (κ1) is 20.8. The molecular formula is C23H33ClN2S. The molecule has 0 spiro atoms. The summed E-state index contributed by atoms with van der Waals surface area (Å²) in [7, 11) is 0. The van der Waals surface area contributed by atoms with E-state index in [0.717, 1.165) is 48.4 Å². The van der Waals surface area contributed by atoms with Gasteiger partial charge in [-0.15, -0.1) is 11.8 Å². The average Bonchev–Trinajstić information content (AvgIpc) is 2.92. The average molecular weight is 405 g/mol. The third-order valence-corrected chi connectivity index (χ3v) is 7.16. The van der Waals surface area contributed by atoms with Gasteiger partial charge in [-0.05, 0) is 74.7 Å². The van der Waals surface area contributed by atoms with Crippen LogP contribution in [0.2, 0.25) is 5.02 Å². The molecule has 1 saturated carbocycles. The number of fused-ring (bicyclic) bond motifs is 1. The number of anilines is 1. The van der Waals surface area contributed by atoms with Crippen molar-refractivity contribution in [1.82, 2.24) is 5.32 Å². The quantitative estimate of drug-likeness (QED) is 0.539. The van der Waals surface area contributed by atoms with Crippen molar-refractivity contribution in [3.05, 3.63) is 50.9 Å². The van der Waals surface area contributed by atoms with E-state index < -0.39 is 0 Å². The van der Waals surface area contributed by atoms with Crippen LogP contribution < -0.4 is 10.6 Å². The molecule has 2 aliphatic rings. The van der Waals surface area contributed by atoms with Gasteiger partial charge in [-0.3, -0.25) is 0 Å². The zero-order chi connectivity index (χ0) is 19.1. The zero-order valence-corrected chi connectivity index (χ0v) is 18.3. The summed E-state index contributed by atoms with van der Waals surface area (Å²) >= 11 is 8.58. The maximum Gasteiger partial charge on any atom is 0.0640 e. The van der Waals surface area contributed by atoms with Crippen LogP contribution in [0.1, 0.15) is 57.1 Å². The lowest BCUT2D eigenvalue weighted by Gasteiger charge is -2.21. The van der Waals surface area contributed by atoms with E-state index in [4.69, 9.17) is 11.6 Å². The van der Waals surface area contributed by atoms with Crippen molar-refractivity contribution >= 4 is 29.1 Å². The SMILES string of the molecule is C/C(=C\C=C(/C)SC1CCCCC1)CNc1c(Cl)ccc2c1CCNCC2. The Morgan fingerprint density at radius 3 is 2.74 bits per heavy atom. The lowest BCUT2D eigenvalue weighted by Crippen LogP contribution is -2.16. The Bertz CT molecular complexity index is 690. The van der Waals surface area contributed by atoms with Crippen LogP contribution in [0.15, 0.2) is 34.8 Å². The Balaban J connectivity index is 1.59. The van der Waals surface area contributed by atoms with E-state index >= 15 is 0 Å². The summed E-state index contributed by atoms with van der Waals surface area (Å²) < 4.78 is 0. The molecule has 1 aliphatic carbocycles. The van der Waals surface area contributed by atoms with Crippen molar-refractivity contribution in [2.45, 2.75) is 64.0 Å². The van der Waals surface area contributed by atoms with Gasteiger partial charge in [0.25, 0.3) is 0 Å². The fourth-order valence-electron chi connectivity index (χ4n) is 3.97. The molecular weight excluding hydrogens is 372 g/mol. The van der Waals surface area contributed by atoms with Gasteiger partial charge in [0.2, 0.25) is 0 Å². The van der Waals surface area contributed by atoms with Crippen molar-refractivity contribution in [2.75, 3.05) is 25.0 Å². The minimum atomic E-state index is 0.828. The first-order chi connectivity index (χ1) is 13.1. The summed E-state index contributed by atoms with van der Waals surface area (Å²) in [5, 5.41) is 8.75. The fraction of sp³-hybridized carbons (Fsp3) is 0.565. The van der Waals surface area contributed by atoms with Gasteiger partial charge in [0, 0.05) is 11.8 Å². The largest absolute Gasteiger partial charge is 0.380 e. The highest BCUT2D eigenvalue weighted by Crippen LogP contribution is 2.33. The predicted octanol–water partition coefficient (Wildman–Crippen LogP) is 6.36. The molecule has 0 amide bonds. The summed E-state index contributed by atoms with van der Waals surface area (Å²) in [6.07, 6.45) is 13.7. The molecule has 1 fully saturated rings. The molecule has 2 nitrogen and oxygen atoms in total. The Hall–Kier alpha value is -0.900. The van der Waals surface area contributed by atoms with Crippen molar-refractivity contribution in [3.63, 3.8) is 0 Å². The number of nitrogens with one attached hydrogen (secondary N) is 2. The lowest BCUT2D eigenvalue weighted by molar-refractivity contribution is 0.516. The van der Waals surface area contributed by atoms with Gasteiger partial charge in [0.05, 0.1) is 10.7 Å². The molecule has 0 unspecified atom stereocenters. The topological polar surface area (TPSA) is 24.1 Å². The molecule has 148 valence electrons. The molecule has 3 rings (SSSR count). The molecule has 1 heterocycles. The van der Waals surface area contributed by atoms with Crippen molar-refractivity contribution < 1.29 is 0 Å². The summed E-state index contributed by atoms with van der Waals surface area (Å²) in [5.74, 6) is 0. The number of benzene rings is 1. The van der Waals surface area contributed by atoms with Crippen LogP contribution in [0.25, 0.3) is 0 Å². The second kappa shape index (κ2) is 10.6. The third-order valence-electron chi connectivity index (χ3n) is 5.53. The number of rotatable bonds is 6. The van der Waals surface area contributed by atoms with Crippen molar-refractivity contribution in [2.24, 2.45) is 0 Å². The highest BCUT2D eigenvalue weighted by molar-refractivity contribution is 8.03. The van der Waals surface area contributed by atoms with Crippen LogP contribution in [-0.2, 0) is 12.8 Å². The molecule has 1 aromatic rings. The number of hydrogen-bond acceptors (Lipinski definition) is 3. The van der Waals surface area contributed by atoms with Gasteiger partial charge in [-0.1, -0.05) is 54.7 Å².